The fourth-order valence-electron chi connectivity index (χ4n) is 4.34. The molecule has 0 bridgehead atoms. The first-order valence-corrected chi connectivity index (χ1v) is 10.8. The highest BCUT2D eigenvalue weighted by Crippen LogP contribution is 2.35. The Bertz CT molecular complexity index is 1240. The monoisotopic (exact) mass is 446 g/mol. The van der Waals surface area contributed by atoms with Crippen molar-refractivity contribution < 1.29 is 14.0 Å². The summed E-state index contributed by atoms with van der Waals surface area (Å²) in [6, 6.07) is 20.9. The minimum Gasteiger partial charge on any atom is -0.362 e. The average Bonchev–Trinajstić information content (AvgIpc) is 3.05. The van der Waals surface area contributed by atoms with Gasteiger partial charge in [-0.25, -0.2) is 4.39 Å². The van der Waals surface area contributed by atoms with E-state index in [9.17, 15) is 14.0 Å². The summed E-state index contributed by atoms with van der Waals surface area (Å²) < 4.78 is 13.6. The highest BCUT2D eigenvalue weighted by molar-refractivity contribution is 6.35. The molecule has 2 aliphatic heterocycles. The SMILES string of the molecule is O=C1C(c2ccc(F)cc2)=C(N2CCc3ccccc3C2)C(=O)N1Cc1ccc(Cl)cc1. The van der Waals surface area contributed by atoms with Crippen LogP contribution in [0.4, 0.5) is 4.39 Å². The Morgan fingerprint density at radius 2 is 1.53 bits per heavy atom. The molecule has 4 nitrogen and oxygen atoms in total. The lowest BCUT2D eigenvalue weighted by Crippen LogP contribution is -2.37. The lowest BCUT2D eigenvalue weighted by atomic mass is 9.98. The largest absolute Gasteiger partial charge is 0.362 e. The van der Waals surface area contributed by atoms with Crippen LogP contribution < -0.4 is 0 Å². The number of carbonyl (C=O) groups is 2. The standard InChI is InChI=1S/C26H20ClFN2O2/c27-21-9-5-17(6-10-21)15-30-25(31)23(19-7-11-22(28)12-8-19)24(26(30)32)29-14-13-18-3-1-2-4-20(18)16-29/h1-12H,13-16H2. The Balaban J connectivity index is 1.54. The van der Waals surface area contributed by atoms with Crippen LogP contribution in [-0.4, -0.2) is 28.2 Å². The molecule has 2 aliphatic rings. The average molecular weight is 447 g/mol. The summed E-state index contributed by atoms with van der Waals surface area (Å²) in [4.78, 5) is 30.3. The van der Waals surface area contributed by atoms with Gasteiger partial charge < -0.3 is 4.90 Å². The summed E-state index contributed by atoms with van der Waals surface area (Å²) in [6.45, 7) is 1.32. The number of fused-ring (bicyclic) bond motifs is 1. The van der Waals surface area contributed by atoms with E-state index in [1.54, 1.807) is 36.4 Å². The fourth-order valence-corrected chi connectivity index (χ4v) is 4.46. The van der Waals surface area contributed by atoms with E-state index in [4.69, 9.17) is 11.6 Å². The maximum atomic E-state index is 13.6. The molecule has 3 aromatic carbocycles. The van der Waals surface area contributed by atoms with Crippen molar-refractivity contribution >= 4 is 29.0 Å². The smallest absolute Gasteiger partial charge is 0.278 e. The number of amides is 2. The summed E-state index contributed by atoms with van der Waals surface area (Å²) in [6.07, 6.45) is 0.787. The summed E-state index contributed by atoms with van der Waals surface area (Å²) >= 11 is 5.97. The van der Waals surface area contributed by atoms with Crippen LogP contribution in [0, 0.1) is 5.82 Å². The molecule has 2 heterocycles. The van der Waals surface area contributed by atoms with Crippen molar-refractivity contribution in [1.29, 1.82) is 0 Å². The molecule has 6 heteroatoms. The molecule has 0 atom stereocenters. The van der Waals surface area contributed by atoms with Gasteiger partial charge in [0, 0.05) is 18.1 Å². The van der Waals surface area contributed by atoms with Crippen LogP contribution in [0.25, 0.3) is 5.57 Å². The van der Waals surface area contributed by atoms with E-state index in [0.29, 0.717) is 34.9 Å². The van der Waals surface area contributed by atoms with Gasteiger partial charge in [-0.2, -0.15) is 0 Å². The van der Waals surface area contributed by atoms with Crippen molar-refractivity contribution in [3.63, 3.8) is 0 Å². The van der Waals surface area contributed by atoms with Crippen molar-refractivity contribution in [2.45, 2.75) is 19.5 Å². The Morgan fingerprint density at radius 3 is 2.25 bits per heavy atom. The van der Waals surface area contributed by atoms with E-state index >= 15 is 0 Å². The Morgan fingerprint density at radius 1 is 0.844 bits per heavy atom. The summed E-state index contributed by atoms with van der Waals surface area (Å²) in [7, 11) is 0. The lowest BCUT2D eigenvalue weighted by Gasteiger charge is -2.31. The second-order valence-electron chi connectivity index (χ2n) is 7.99. The zero-order valence-electron chi connectivity index (χ0n) is 17.2. The first kappa shape index (κ1) is 20.5. The van der Waals surface area contributed by atoms with Gasteiger partial charge in [-0.05, 0) is 52.9 Å². The van der Waals surface area contributed by atoms with E-state index in [2.05, 4.69) is 6.07 Å². The van der Waals surface area contributed by atoms with E-state index < -0.39 is 5.82 Å². The van der Waals surface area contributed by atoms with Crippen molar-refractivity contribution in [3.8, 4) is 0 Å². The lowest BCUT2D eigenvalue weighted by molar-refractivity contribution is -0.138. The maximum Gasteiger partial charge on any atom is 0.278 e. The normalized spacial score (nSPS) is 16.1. The van der Waals surface area contributed by atoms with E-state index in [1.807, 2.05) is 23.1 Å². The molecule has 0 aromatic heterocycles. The van der Waals surface area contributed by atoms with Crippen LogP contribution in [0.1, 0.15) is 22.3 Å². The van der Waals surface area contributed by atoms with Crippen molar-refractivity contribution in [3.05, 3.63) is 112 Å². The van der Waals surface area contributed by atoms with Gasteiger partial charge >= 0.3 is 0 Å². The Hall–Kier alpha value is -3.44. The zero-order chi connectivity index (χ0) is 22.2. The summed E-state index contributed by atoms with van der Waals surface area (Å²) in [5.74, 6) is -1.09. The van der Waals surface area contributed by atoms with Gasteiger partial charge in [0.15, 0.2) is 0 Å². The molecule has 0 saturated heterocycles. The van der Waals surface area contributed by atoms with Gasteiger partial charge in [0.25, 0.3) is 11.8 Å². The number of hydrogen-bond donors (Lipinski definition) is 0. The molecular formula is C26H20ClFN2O2. The highest BCUT2D eigenvalue weighted by atomic mass is 35.5. The number of nitrogens with zero attached hydrogens (tertiary/aromatic N) is 2. The number of halogens is 2. The van der Waals surface area contributed by atoms with Crippen LogP contribution >= 0.6 is 11.6 Å². The van der Waals surface area contributed by atoms with E-state index in [0.717, 1.165) is 17.5 Å². The Kier molecular flexibility index (Phi) is 5.27. The van der Waals surface area contributed by atoms with Crippen molar-refractivity contribution in [2.24, 2.45) is 0 Å². The molecule has 5 rings (SSSR count). The van der Waals surface area contributed by atoms with Crippen molar-refractivity contribution in [1.82, 2.24) is 9.80 Å². The van der Waals surface area contributed by atoms with Crippen LogP contribution in [0.15, 0.2) is 78.5 Å². The number of rotatable bonds is 4. The van der Waals surface area contributed by atoms with Gasteiger partial charge in [-0.3, -0.25) is 14.5 Å². The Labute approximate surface area is 190 Å². The van der Waals surface area contributed by atoms with Gasteiger partial charge in [0.05, 0.1) is 12.1 Å². The summed E-state index contributed by atoms with van der Waals surface area (Å²) in [5, 5.41) is 0.589. The van der Waals surface area contributed by atoms with Crippen LogP contribution in [0.2, 0.25) is 5.02 Å². The van der Waals surface area contributed by atoms with E-state index in [1.165, 1.54) is 22.6 Å². The third kappa shape index (κ3) is 3.69. The highest BCUT2D eigenvalue weighted by Gasteiger charge is 2.42. The van der Waals surface area contributed by atoms with Gasteiger partial charge in [0.2, 0.25) is 0 Å². The molecule has 0 unspecified atom stereocenters. The number of benzene rings is 3. The predicted molar refractivity (Wildman–Crippen MR) is 121 cm³/mol. The second kappa shape index (κ2) is 8.24. The second-order valence-corrected chi connectivity index (χ2v) is 8.43. The molecule has 3 aromatic rings. The quantitative estimate of drug-likeness (QED) is 0.540. The number of hydrogen-bond acceptors (Lipinski definition) is 3. The molecule has 0 spiro atoms. The number of imide groups is 1. The molecule has 0 saturated carbocycles. The van der Waals surface area contributed by atoms with Gasteiger partial charge in [0.1, 0.15) is 11.5 Å². The zero-order valence-corrected chi connectivity index (χ0v) is 18.0. The molecule has 0 aliphatic carbocycles. The third-order valence-corrected chi connectivity index (χ3v) is 6.23. The van der Waals surface area contributed by atoms with Gasteiger partial charge in [-0.1, -0.05) is 60.1 Å². The predicted octanol–water partition coefficient (Wildman–Crippen LogP) is 4.82. The molecule has 0 radical (unpaired) electrons. The van der Waals surface area contributed by atoms with Crippen LogP contribution in [0.5, 0.6) is 0 Å². The van der Waals surface area contributed by atoms with Crippen molar-refractivity contribution in [2.75, 3.05) is 6.54 Å². The van der Waals surface area contributed by atoms with Gasteiger partial charge in [-0.15, -0.1) is 0 Å². The topological polar surface area (TPSA) is 40.6 Å². The summed E-state index contributed by atoms with van der Waals surface area (Å²) in [5.41, 5.74) is 4.44. The molecule has 32 heavy (non-hydrogen) atoms. The van der Waals surface area contributed by atoms with Crippen LogP contribution in [-0.2, 0) is 29.1 Å². The minimum absolute atomic E-state index is 0.146. The third-order valence-electron chi connectivity index (χ3n) is 5.98. The molecule has 0 fully saturated rings. The first-order chi connectivity index (χ1) is 15.5. The first-order valence-electron chi connectivity index (χ1n) is 10.4. The number of carbonyl (C=O) groups excluding carboxylic acids is 2. The molecule has 2 amide bonds. The molecular weight excluding hydrogens is 427 g/mol. The van der Waals surface area contributed by atoms with E-state index in [-0.39, 0.29) is 18.4 Å². The minimum atomic E-state index is -0.391. The maximum absolute atomic E-state index is 13.6. The molecule has 0 N–H and O–H groups in total. The fraction of sp³-hybridized carbons (Fsp3) is 0.154. The van der Waals surface area contributed by atoms with Crippen LogP contribution in [0.3, 0.4) is 0 Å². The molecule has 160 valence electrons.